The Labute approximate surface area is 102 Å². The average Bonchev–Trinajstić information content (AvgIpc) is 3.14. The summed E-state index contributed by atoms with van der Waals surface area (Å²) in [6, 6.07) is 1.86. The van der Waals surface area contributed by atoms with Crippen molar-refractivity contribution < 1.29 is 0 Å². The van der Waals surface area contributed by atoms with Gasteiger partial charge in [-0.05, 0) is 18.8 Å². The molecule has 1 saturated heterocycles. The second-order valence-corrected chi connectivity index (χ2v) is 5.03. The molecule has 92 valence electrons. The van der Waals surface area contributed by atoms with Gasteiger partial charge in [-0.3, -0.25) is 4.90 Å². The zero-order valence-electron chi connectivity index (χ0n) is 10.0. The maximum absolute atomic E-state index is 5.68. The predicted molar refractivity (Wildman–Crippen MR) is 67.8 cm³/mol. The van der Waals surface area contributed by atoms with Gasteiger partial charge in [-0.2, -0.15) is 0 Å². The van der Waals surface area contributed by atoms with Gasteiger partial charge in [0.15, 0.2) is 0 Å². The van der Waals surface area contributed by atoms with Crippen molar-refractivity contribution >= 4 is 11.6 Å². The van der Waals surface area contributed by atoms with Gasteiger partial charge in [-0.15, -0.1) is 0 Å². The number of hydrogen-bond acceptors (Lipinski definition) is 5. The van der Waals surface area contributed by atoms with Crippen molar-refractivity contribution in [3.63, 3.8) is 0 Å². The highest BCUT2D eigenvalue weighted by atomic mass is 15.3. The number of rotatable bonds is 3. The van der Waals surface area contributed by atoms with Gasteiger partial charge in [0, 0.05) is 38.8 Å². The molecule has 0 aromatic carbocycles. The summed E-state index contributed by atoms with van der Waals surface area (Å²) in [5.41, 5.74) is 5.68. The summed E-state index contributed by atoms with van der Waals surface area (Å²) in [7, 11) is 0. The van der Waals surface area contributed by atoms with E-state index in [0.717, 1.165) is 37.9 Å². The van der Waals surface area contributed by atoms with E-state index in [2.05, 4.69) is 19.8 Å². The maximum atomic E-state index is 5.68. The van der Waals surface area contributed by atoms with E-state index < -0.39 is 0 Å². The third kappa shape index (κ3) is 2.66. The highest BCUT2D eigenvalue weighted by Gasteiger charge is 2.26. The van der Waals surface area contributed by atoms with Crippen molar-refractivity contribution in [1.82, 2.24) is 14.9 Å². The van der Waals surface area contributed by atoms with E-state index in [1.54, 1.807) is 6.33 Å². The standard InChI is InChI=1S/C12H19N5/c13-11-7-12(15-9-14-11)17-5-3-16(4-6-17)8-10-1-2-10/h7,9-10H,1-6,8H2,(H2,13,14,15). The van der Waals surface area contributed by atoms with Crippen molar-refractivity contribution in [1.29, 1.82) is 0 Å². The van der Waals surface area contributed by atoms with Gasteiger partial charge in [-0.25, -0.2) is 9.97 Å². The monoisotopic (exact) mass is 233 g/mol. The first-order valence-corrected chi connectivity index (χ1v) is 6.36. The Hall–Kier alpha value is -1.36. The minimum absolute atomic E-state index is 0.551. The lowest BCUT2D eigenvalue weighted by Gasteiger charge is -2.35. The molecule has 2 aliphatic rings. The van der Waals surface area contributed by atoms with Crippen molar-refractivity contribution in [3.05, 3.63) is 12.4 Å². The average molecular weight is 233 g/mol. The molecule has 1 aliphatic carbocycles. The zero-order valence-corrected chi connectivity index (χ0v) is 10.0. The lowest BCUT2D eigenvalue weighted by Crippen LogP contribution is -2.47. The third-order valence-electron chi connectivity index (χ3n) is 3.58. The van der Waals surface area contributed by atoms with Crippen molar-refractivity contribution in [3.8, 4) is 0 Å². The first-order chi connectivity index (χ1) is 8.31. The van der Waals surface area contributed by atoms with Gasteiger partial charge in [-0.1, -0.05) is 0 Å². The van der Waals surface area contributed by atoms with Crippen LogP contribution in [0.4, 0.5) is 11.6 Å². The number of nitrogens with two attached hydrogens (primary N) is 1. The molecule has 0 unspecified atom stereocenters. The van der Waals surface area contributed by atoms with Crippen LogP contribution in [-0.4, -0.2) is 47.6 Å². The summed E-state index contributed by atoms with van der Waals surface area (Å²) in [6.07, 6.45) is 4.41. The molecule has 2 fully saturated rings. The van der Waals surface area contributed by atoms with Crippen molar-refractivity contribution in [2.75, 3.05) is 43.4 Å². The number of piperazine rings is 1. The van der Waals surface area contributed by atoms with Crippen LogP contribution in [0.3, 0.4) is 0 Å². The quantitative estimate of drug-likeness (QED) is 0.828. The van der Waals surface area contributed by atoms with Crippen LogP contribution in [-0.2, 0) is 0 Å². The number of hydrogen-bond donors (Lipinski definition) is 1. The molecule has 1 aromatic heterocycles. The molecule has 1 saturated carbocycles. The van der Waals surface area contributed by atoms with Crippen LogP contribution in [0.15, 0.2) is 12.4 Å². The van der Waals surface area contributed by atoms with Crippen LogP contribution < -0.4 is 10.6 Å². The number of anilines is 2. The summed E-state index contributed by atoms with van der Waals surface area (Å²) in [5.74, 6) is 2.50. The lowest BCUT2D eigenvalue weighted by atomic mass is 10.3. The summed E-state index contributed by atoms with van der Waals surface area (Å²) >= 11 is 0. The number of aromatic nitrogens is 2. The highest BCUT2D eigenvalue weighted by molar-refractivity contribution is 5.46. The van der Waals surface area contributed by atoms with Gasteiger partial charge < -0.3 is 10.6 Å². The summed E-state index contributed by atoms with van der Waals surface area (Å²) in [5, 5.41) is 0. The predicted octanol–water partition coefficient (Wildman–Crippen LogP) is 0.591. The number of nitrogen functional groups attached to an aromatic ring is 1. The first kappa shape index (κ1) is 10.8. The molecule has 0 radical (unpaired) electrons. The molecule has 0 bridgehead atoms. The minimum atomic E-state index is 0.551. The van der Waals surface area contributed by atoms with E-state index in [9.17, 15) is 0 Å². The molecule has 5 nitrogen and oxygen atoms in total. The van der Waals surface area contributed by atoms with Crippen LogP contribution >= 0.6 is 0 Å². The molecule has 1 aliphatic heterocycles. The second kappa shape index (κ2) is 4.49. The molecule has 5 heteroatoms. The topological polar surface area (TPSA) is 58.3 Å². The highest BCUT2D eigenvalue weighted by Crippen LogP contribution is 2.30. The van der Waals surface area contributed by atoms with Crippen LogP contribution in [0.25, 0.3) is 0 Å². The van der Waals surface area contributed by atoms with E-state index in [0.29, 0.717) is 5.82 Å². The fourth-order valence-electron chi connectivity index (χ4n) is 2.36. The summed E-state index contributed by atoms with van der Waals surface area (Å²) < 4.78 is 0. The SMILES string of the molecule is Nc1cc(N2CCN(CC3CC3)CC2)ncn1. The Balaban J connectivity index is 1.56. The maximum Gasteiger partial charge on any atom is 0.134 e. The number of nitrogens with zero attached hydrogens (tertiary/aromatic N) is 4. The van der Waals surface area contributed by atoms with Gasteiger partial charge >= 0.3 is 0 Å². The summed E-state index contributed by atoms with van der Waals surface area (Å²) in [6.45, 7) is 5.66. The Morgan fingerprint density at radius 1 is 1.18 bits per heavy atom. The van der Waals surface area contributed by atoms with Crippen LogP contribution in [0.2, 0.25) is 0 Å². The zero-order chi connectivity index (χ0) is 11.7. The van der Waals surface area contributed by atoms with Crippen LogP contribution in [0.1, 0.15) is 12.8 Å². The molecule has 0 spiro atoms. The molecule has 17 heavy (non-hydrogen) atoms. The smallest absolute Gasteiger partial charge is 0.134 e. The molecular formula is C12H19N5. The van der Waals surface area contributed by atoms with Gasteiger partial charge in [0.05, 0.1) is 0 Å². The van der Waals surface area contributed by atoms with Gasteiger partial charge in [0.2, 0.25) is 0 Å². The Morgan fingerprint density at radius 3 is 2.59 bits per heavy atom. The molecule has 1 aromatic rings. The first-order valence-electron chi connectivity index (χ1n) is 6.36. The van der Waals surface area contributed by atoms with Gasteiger partial charge in [0.25, 0.3) is 0 Å². The lowest BCUT2D eigenvalue weighted by molar-refractivity contribution is 0.247. The van der Waals surface area contributed by atoms with E-state index in [4.69, 9.17) is 5.73 Å². The molecule has 2 heterocycles. The largest absolute Gasteiger partial charge is 0.384 e. The van der Waals surface area contributed by atoms with Crippen molar-refractivity contribution in [2.45, 2.75) is 12.8 Å². The molecule has 0 atom stereocenters. The molecule has 3 rings (SSSR count). The third-order valence-corrected chi connectivity index (χ3v) is 3.58. The molecular weight excluding hydrogens is 214 g/mol. The van der Waals surface area contributed by atoms with Crippen molar-refractivity contribution in [2.24, 2.45) is 5.92 Å². The minimum Gasteiger partial charge on any atom is -0.384 e. The fraction of sp³-hybridized carbons (Fsp3) is 0.667. The molecule has 2 N–H and O–H groups in total. The normalized spacial score (nSPS) is 21.8. The van der Waals surface area contributed by atoms with Crippen LogP contribution in [0.5, 0.6) is 0 Å². The summed E-state index contributed by atoms with van der Waals surface area (Å²) in [4.78, 5) is 13.1. The van der Waals surface area contributed by atoms with E-state index in [-0.39, 0.29) is 0 Å². The van der Waals surface area contributed by atoms with E-state index in [1.165, 1.54) is 19.4 Å². The Bertz CT molecular complexity index is 382. The molecule has 0 amide bonds. The fourth-order valence-corrected chi connectivity index (χ4v) is 2.36. The van der Waals surface area contributed by atoms with Gasteiger partial charge in [0.1, 0.15) is 18.0 Å². The van der Waals surface area contributed by atoms with E-state index >= 15 is 0 Å². The Kier molecular flexibility index (Phi) is 2.84. The second-order valence-electron chi connectivity index (χ2n) is 5.03. The van der Waals surface area contributed by atoms with E-state index in [1.807, 2.05) is 6.07 Å². The van der Waals surface area contributed by atoms with Crippen LogP contribution in [0, 0.1) is 5.92 Å². The Morgan fingerprint density at radius 2 is 1.94 bits per heavy atom.